The molecule has 1 aromatic carbocycles. The van der Waals surface area contributed by atoms with Gasteiger partial charge in [-0.1, -0.05) is 54.8 Å². The number of hydrogen-bond acceptors (Lipinski definition) is 7. The molecule has 0 N–H and O–H groups in total. The Morgan fingerprint density at radius 2 is 1.96 bits per heavy atom. The molecule has 4 rings (SSSR count). The number of aromatic nitrogens is 6. The predicted octanol–water partition coefficient (Wildman–Crippen LogP) is 4.17. The zero-order valence-electron chi connectivity index (χ0n) is 13.5. The number of nitrogens with zero attached hydrogens (tertiary/aromatic N) is 6. The number of hydrogen-bond donors (Lipinski definition) is 0. The molecule has 1 aliphatic carbocycles. The summed E-state index contributed by atoms with van der Waals surface area (Å²) >= 11 is 7.68. The van der Waals surface area contributed by atoms with Crippen molar-refractivity contribution in [2.24, 2.45) is 0 Å². The molecule has 9 heteroatoms. The van der Waals surface area contributed by atoms with E-state index in [0.717, 1.165) is 23.6 Å². The Morgan fingerprint density at radius 3 is 2.80 bits per heavy atom. The minimum Gasteiger partial charge on any atom is -0.420 e. The lowest BCUT2D eigenvalue weighted by Gasteiger charge is -2.21. The highest BCUT2D eigenvalue weighted by Gasteiger charge is 2.21. The van der Waals surface area contributed by atoms with Crippen LogP contribution in [0.15, 0.2) is 33.8 Å². The van der Waals surface area contributed by atoms with Gasteiger partial charge in [0.15, 0.2) is 0 Å². The molecule has 7 nitrogen and oxygen atoms in total. The molecule has 0 saturated heterocycles. The van der Waals surface area contributed by atoms with Crippen molar-refractivity contribution in [3.63, 3.8) is 0 Å². The van der Waals surface area contributed by atoms with E-state index in [-0.39, 0.29) is 0 Å². The van der Waals surface area contributed by atoms with Crippen molar-refractivity contribution >= 4 is 23.4 Å². The molecular formula is C16H17ClN6OS. The van der Waals surface area contributed by atoms with Crippen LogP contribution < -0.4 is 0 Å². The fraction of sp³-hybridized carbons (Fsp3) is 0.438. The van der Waals surface area contributed by atoms with E-state index >= 15 is 0 Å². The molecule has 1 fully saturated rings. The van der Waals surface area contributed by atoms with Crippen molar-refractivity contribution in [2.75, 3.05) is 0 Å². The van der Waals surface area contributed by atoms with Gasteiger partial charge in [0, 0.05) is 0 Å². The summed E-state index contributed by atoms with van der Waals surface area (Å²) in [5, 5.41) is 21.7. The van der Waals surface area contributed by atoms with Crippen LogP contribution in [0.4, 0.5) is 0 Å². The summed E-state index contributed by atoms with van der Waals surface area (Å²) in [5.74, 6) is 1.47. The predicted molar refractivity (Wildman–Crippen MR) is 94.2 cm³/mol. The van der Waals surface area contributed by atoms with E-state index in [1.54, 1.807) is 6.07 Å². The maximum atomic E-state index is 6.17. The Morgan fingerprint density at radius 1 is 1.12 bits per heavy atom. The lowest BCUT2D eigenvalue weighted by atomic mass is 9.96. The van der Waals surface area contributed by atoms with Gasteiger partial charge in [-0.15, -0.1) is 15.3 Å². The van der Waals surface area contributed by atoms with Crippen molar-refractivity contribution in [1.29, 1.82) is 0 Å². The molecule has 0 bridgehead atoms. The summed E-state index contributed by atoms with van der Waals surface area (Å²) < 4.78 is 7.67. The van der Waals surface area contributed by atoms with E-state index in [1.807, 2.05) is 22.9 Å². The fourth-order valence-corrected chi connectivity index (χ4v) is 4.01. The van der Waals surface area contributed by atoms with Gasteiger partial charge in [-0.3, -0.25) is 0 Å². The normalized spacial score (nSPS) is 15.6. The third kappa shape index (κ3) is 3.69. The van der Waals surface area contributed by atoms with E-state index in [9.17, 15) is 0 Å². The molecule has 130 valence electrons. The highest BCUT2D eigenvalue weighted by atomic mass is 35.5. The van der Waals surface area contributed by atoms with Gasteiger partial charge in [0.2, 0.25) is 16.9 Å². The van der Waals surface area contributed by atoms with Crippen LogP contribution in [0.25, 0.3) is 11.5 Å². The summed E-state index contributed by atoms with van der Waals surface area (Å²) in [6.07, 6.45) is 6.04. The van der Waals surface area contributed by atoms with Crippen LogP contribution in [0, 0.1) is 0 Å². The Bertz CT molecular complexity index is 845. The van der Waals surface area contributed by atoms with Gasteiger partial charge in [-0.25, -0.2) is 4.68 Å². The molecule has 0 aliphatic heterocycles. The second-order valence-electron chi connectivity index (χ2n) is 5.97. The maximum Gasteiger partial charge on any atom is 0.249 e. The van der Waals surface area contributed by atoms with E-state index in [1.165, 1.54) is 31.0 Å². The van der Waals surface area contributed by atoms with Gasteiger partial charge in [-0.05, 0) is 35.4 Å². The molecule has 2 heterocycles. The SMILES string of the molecule is Clc1ccccc1-c1nnc(CSc2nnnn2C2CCCCC2)o1. The highest BCUT2D eigenvalue weighted by Crippen LogP contribution is 2.32. The van der Waals surface area contributed by atoms with Gasteiger partial charge >= 0.3 is 0 Å². The Kier molecular flexibility index (Phi) is 4.98. The first-order valence-corrected chi connectivity index (χ1v) is 9.65. The summed E-state index contributed by atoms with van der Waals surface area (Å²) in [4.78, 5) is 0. The second-order valence-corrected chi connectivity index (χ2v) is 7.32. The molecule has 3 aromatic rings. The Labute approximate surface area is 154 Å². The van der Waals surface area contributed by atoms with Gasteiger partial charge in [0.05, 0.1) is 22.4 Å². The molecule has 1 aliphatic rings. The third-order valence-corrected chi connectivity index (χ3v) is 5.53. The largest absolute Gasteiger partial charge is 0.420 e. The monoisotopic (exact) mass is 376 g/mol. The van der Waals surface area contributed by atoms with Gasteiger partial charge in [0.25, 0.3) is 0 Å². The van der Waals surface area contributed by atoms with Crippen molar-refractivity contribution < 1.29 is 4.42 Å². The van der Waals surface area contributed by atoms with E-state index in [0.29, 0.717) is 28.6 Å². The topological polar surface area (TPSA) is 82.5 Å². The van der Waals surface area contributed by atoms with Crippen molar-refractivity contribution in [3.8, 4) is 11.5 Å². The summed E-state index contributed by atoms with van der Waals surface area (Å²) in [6, 6.07) is 7.81. The van der Waals surface area contributed by atoms with Crippen LogP contribution in [0.5, 0.6) is 0 Å². The lowest BCUT2D eigenvalue weighted by molar-refractivity contribution is 0.307. The molecule has 1 saturated carbocycles. The molecule has 2 aromatic heterocycles. The van der Waals surface area contributed by atoms with Crippen molar-refractivity contribution in [3.05, 3.63) is 35.2 Å². The summed E-state index contributed by atoms with van der Waals surface area (Å²) in [6.45, 7) is 0. The van der Waals surface area contributed by atoms with Gasteiger partial charge in [-0.2, -0.15) is 0 Å². The standard InChI is InChI=1S/C16H17ClN6OS/c17-13-9-5-4-8-12(13)15-19-18-14(24-15)10-25-16-20-21-22-23(16)11-6-2-1-3-7-11/h4-5,8-9,11H,1-3,6-7,10H2. The number of thioether (sulfide) groups is 1. The number of benzene rings is 1. The zero-order chi connectivity index (χ0) is 17.1. The van der Waals surface area contributed by atoms with Crippen LogP contribution >= 0.6 is 23.4 Å². The maximum absolute atomic E-state index is 6.17. The highest BCUT2D eigenvalue weighted by molar-refractivity contribution is 7.98. The molecular weight excluding hydrogens is 360 g/mol. The summed E-state index contributed by atoms with van der Waals surface area (Å²) in [7, 11) is 0. The number of rotatable bonds is 5. The van der Waals surface area contributed by atoms with Crippen LogP contribution in [0.1, 0.15) is 44.0 Å². The Hall–Kier alpha value is -1.93. The second kappa shape index (κ2) is 7.53. The smallest absolute Gasteiger partial charge is 0.249 e. The number of tetrazole rings is 1. The minimum atomic E-state index is 0.396. The quantitative estimate of drug-likeness (QED) is 0.618. The van der Waals surface area contributed by atoms with Crippen LogP contribution in [-0.4, -0.2) is 30.4 Å². The molecule has 0 atom stereocenters. The minimum absolute atomic E-state index is 0.396. The molecule has 0 unspecified atom stereocenters. The van der Waals surface area contributed by atoms with Crippen LogP contribution in [0.2, 0.25) is 5.02 Å². The van der Waals surface area contributed by atoms with E-state index in [4.69, 9.17) is 16.0 Å². The van der Waals surface area contributed by atoms with Gasteiger partial charge in [0.1, 0.15) is 0 Å². The van der Waals surface area contributed by atoms with Crippen molar-refractivity contribution in [1.82, 2.24) is 30.4 Å². The number of halogens is 1. The van der Waals surface area contributed by atoms with E-state index < -0.39 is 0 Å². The van der Waals surface area contributed by atoms with Gasteiger partial charge < -0.3 is 4.42 Å². The third-order valence-electron chi connectivity index (χ3n) is 4.28. The first kappa shape index (κ1) is 16.5. The summed E-state index contributed by atoms with van der Waals surface area (Å²) in [5.41, 5.74) is 0.736. The first-order chi connectivity index (χ1) is 12.3. The lowest BCUT2D eigenvalue weighted by Crippen LogP contribution is -2.15. The fourth-order valence-electron chi connectivity index (χ4n) is 3.02. The van der Waals surface area contributed by atoms with E-state index in [2.05, 4.69) is 25.7 Å². The Balaban J connectivity index is 1.44. The molecule has 0 amide bonds. The zero-order valence-corrected chi connectivity index (χ0v) is 15.1. The molecule has 0 radical (unpaired) electrons. The average Bonchev–Trinajstić information content (AvgIpc) is 3.30. The first-order valence-electron chi connectivity index (χ1n) is 8.29. The van der Waals surface area contributed by atoms with Crippen LogP contribution in [0.3, 0.4) is 0 Å². The molecule has 25 heavy (non-hydrogen) atoms. The molecule has 0 spiro atoms. The van der Waals surface area contributed by atoms with Crippen LogP contribution in [-0.2, 0) is 5.75 Å². The average molecular weight is 377 g/mol. The van der Waals surface area contributed by atoms with Crippen molar-refractivity contribution in [2.45, 2.75) is 49.1 Å².